The summed E-state index contributed by atoms with van der Waals surface area (Å²) in [5.74, 6) is 2.72. The van der Waals surface area contributed by atoms with Crippen LogP contribution in [0.15, 0.2) is 6.07 Å². The molecule has 1 fully saturated rings. The van der Waals surface area contributed by atoms with Gasteiger partial charge in [0.2, 0.25) is 0 Å². The number of aryl methyl sites for hydroxylation is 1. The molecule has 1 heterocycles. The summed E-state index contributed by atoms with van der Waals surface area (Å²) < 4.78 is 0. The second-order valence-electron chi connectivity index (χ2n) is 6.25. The van der Waals surface area contributed by atoms with Crippen LogP contribution >= 0.6 is 0 Å². The molecule has 5 nitrogen and oxygen atoms in total. The molecule has 1 saturated carbocycles. The minimum absolute atomic E-state index is 0.578. The maximum atomic E-state index is 4.51. The topological polar surface area (TPSA) is 53.1 Å². The van der Waals surface area contributed by atoms with Crippen LogP contribution in [0.4, 0.5) is 11.6 Å². The Bertz CT molecular complexity index is 427. The molecule has 0 aromatic carbocycles. The monoisotopic (exact) mass is 291 g/mol. The molecule has 1 aliphatic rings. The number of hydrogen-bond acceptors (Lipinski definition) is 5. The molecule has 1 aromatic heterocycles. The van der Waals surface area contributed by atoms with E-state index in [1.165, 1.54) is 32.1 Å². The molecule has 118 valence electrons. The highest BCUT2D eigenvalue weighted by molar-refractivity contribution is 5.48. The van der Waals surface area contributed by atoms with E-state index in [1.54, 1.807) is 0 Å². The summed E-state index contributed by atoms with van der Waals surface area (Å²) in [6, 6.07) is 2.62. The number of aromatic nitrogens is 2. The van der Waals surface area contributed by atoms with Crippen molar-refractivity contribution in [1.82, 2.24) is 14.9 Å². The van der Waals surface area contributed by atoms with Gasteiger partial charge in [0.1, 0.15) is 17.5 Å². The molecule has 0 spiro atoms. The van der Waals surface area contributed by atoms with Gasteiger partial charge < -0.3 is 15.5 Å². The van der Waals surface area contributed by atoms with Gasteiger partial charge in [0.25, 0.3) is 0 Å². The summed E-state index contributed by atoms with van der Waals surface area (Å²) in [7, 11) is 4.20. The predicted octanol–water partition coefficient (Wildman–Crippen LogP) is 2.89. The summed E-state index contributed by atoms with van der Waals surface area (Å²) in [5.41, 5.74) is 0. The molecule has 2 rings (SSSR count). The van der Waals surface area contributed by atoms with E-state index in [-0.39, 0.29) is 0 Å². The second-order valence-corrected chi connectivity index (χ2v) is 6.25. The fourth-order valence-corrected chi connectivity index (χ4v) is 2.80. The third kappa shape index (κ3) is 5.87. The zero-order valence-corrected chi connectivity index (χ0v) is 13.7. The molecule has 1 aliphatic carbocycles. The highest BCUT2D eigenvalue weighted by Gasteiger charge is 2.14. The highest BCUT2D eigenvalue weighted by Crippen LogP contribution is 2.21. The van der Waals surface area contributed by atoms with Gasteiger partial charge in [-0.15, -0.1) is 0 Å². The van der Waals surface area contributed by atoms with Crippen molar-refractivity contribution in [2.45, 2.75) is 51.5 Å². The van der Waals surface area contributed by atoms with Gasteiger partial charge in [-0.3, -0.25) is 0 Å². The first-order valence-corrected chi connectivity index (χ1v) is 8.14. The number of nitrogens with one attached hydrogen (secondary N) is 2. The lowest BCUT2D eigenvalue weighted by Crippen LogP contribution is -2.23. The molecule has 0 atom stereocenters. The van der Waals surface area contributed by atoms with E-state index in [2.05, 4.69) is 39.6 Å². The van der Waals surface area contributed by atoms with Crippen LogP contribution < -0.4 is 10.6 Å². The maximum absolute atomic E-state index is 4.51. The van der Waals surface area contributed by atoms with Crippen LogP contribution in [0.5, 0.6) is 0 Å². The first-order valence-electron chi connectivity index (χ1n) is 8.14. The first-order chi connectivity index (χ1) is 10.1. The van der Waals surface area contributed by atoms with Gasteiger partial charge >= 0.3 is 0 Å². The summed E-state index contributed by atoms with van der Waals surface area (Å²) in [5, 5.41) is 6.97. The van der Waals surface area contributed by atoms with E-state index in [4.69, 9.17) is 0 Å². The van der Waals surface area contributed by atoms with Gasteiger partial charge in [-0.25, -0.2) is 9.97 Å². The number of anilines is 2. The quantitative estimate of drug-likeness (QED) is 0.757. The van der Waals surface area contributed by atoms with Gasteiger partial charge in [-0.2, -0.15) is 0 Å². The van der Waals surface area contributed by atoms with Crippen molar-refractivity contribution in [2.75, 3.05) is 37.8 Å². The lowest BCUT2D eigenvalue weighted by atomic mass is 9.95. The molecule has 0 amide bonds. The van der Waals surface area contributed by atoms with Crippen molar-refractivity contribution in [2.24, 2.45) is 0 Å². The summed E-state index contributed by atoms with van der Waals surface area (Å²) in [6.07, 6.45) is 7.67. The number of nitrogens with zero attached hydrogens (tertiary/aromatic N) is 3. The Morgan fingerprint density at radius 1 is 1.14 bits per heavy atom. The van der Waals surface area contributed by atoms with Gasteiger partial charge in [0.15, 0.2) is 0 Å². The van der Waals surface area contributed by atoms with Crippen molar-refractivity contribution in [3.05, 3.63) is 11.9 Å². The van der Waals surface area contributed by atoms with Crippen LogP contribution in [0.2, 0.25) is 0 Å². The zero-order chi connectivity index (χ0) is 15.1. The summed E-state index contributed by atoms with van der Waals surface area (Å²) >= 11 is 0. The lowest BCUT2D eigenvalue weighted by Gasteiger charge is -2.23. The maximum Gasteiger partial charge on any atom is 0.132 e. The van der Waals surface area contributed by atoms with E-state index < -0.39 is 0 Å². The third-order valence-electron chi connectivity index (χ3n) is 3.88. The standard InChI is InChI=1S/C16H29N5/c1-13-18-15(17-10-7-11-21(2)3)12-16(19-13)20-14-8-5-4-6-9-14/h12,14H,4-11H2,1-3H3,(H2,17,18,19,20). The van der Waals surface area contributed by atoms with Crippen LogP contribution in [0.25, 0.3) is 0 Å². The average molecular weight is 291 g/mol. The van der Waals surface area contributed by atoms with E-state index in [1.807, 2.05) is 13.0 Å². The Morgan fingerprint density at radius 3 is 2.57 bits per heavy atom. The molecular formula is C16H29N5. The van der Waals surface area contributed by atoms with E-state index in [9.17, 15) is 0 Å². The van der Waals surface area contributed by atoms with Crippen molar-refractivity contribution in [1.29, 1.82) is 0 Å². The Kier molecular flexibility index (Phi) is 6.23. The molecule has 0 bridgehead atoms. The van der Waals surface area contributed by atoms with Crippen LogP contribution in [-0.2, 0) is 0 Å². The zero-order valence-electron chi connectivity index (χ0n) is 13.7. The lowest BCUT2D eigenvalue weighted by molar-refractivity contribution is 0.405. The molecule has 2 N–H and O–H groups in total. The highest BCUT2D eigenvalue weighted by atomic mass is 15.1. The molecular weight excluding hydrogens is 262 g/mol. The van der Waals surface area contributed by atoms with E-state index >= 15 is 0 Å². The Balaban J connectivity index is 1.86. The molecule has 1 aromatic rings. The summed E-state index contributed by atoms with van der Waals surface area (Å²) in [4.78, 5) is 11.2. The fraction of sp³-hybridized carbons (Fsp3) is 0.750. The van der Waals surface area contributed by atoms with E-state index in [0.29, 0.717) is 6.04 Å². The Hall–Kier alpha value is -1.36. The normalized spacial score (nSPS) is 16.2. The smallest absolute Gasteiger partial charge is 0.132 e. The van der Waals surface area contributed by atoms with Crippen molar-refractivity contribution in [3.8, 4) is 0 Å². The first kappa shape index (κ1) is 16.0. The van der Waals surface area contributed by atoms with Gasteiger partial charge in [0, 0.05) is 18.7 Å². The van der Waals surface area contributed by atoms with Gasteiger partial charge in [-0.05, 0) is 46.8 Å². The summed E-state index contributed by atoms with van der Waals surface area (Å²) in [6.45, 7) is 3.98. The predicted molar refractivity (Wildman–Crippen MR) is 88.9 cm³/mol. The Morgan fingerprint density at radius 2 is 1.86 bits per heavy atom. The van der Waals surface area contributed by atoms with E-state index in [0.717, 1.165) is 37.0 Å². The number of rotatable bonds is 7. The van der Waals surface area contributed by atoms with Gasteiger partial charge in [-0.1, -0.05) is 19.3 Å². The molecule has 0 unspecified atom stereocenters. The molecule has 0 saturated heterocycles. The van der Waals surface area contributed by atoms with Crippen molar-refractivity contribution < 1.29 is 0 Å². The molecule has 0 aliphatic heterocycles. The molecule has 0 radical (unpaired) electrons. The third-order valence-corrected chi connectivity index (χ3v) is 3.88. The van der Waals surface area contributed by atoms with Crippen LogP contribution in [-0.4, -0.2) is 48.1 Å². The second kappa shape index (κ2) is 8.17. The van der Waals surface area contributed by atoms with Crippen LogP contribution in [0, 0.1) is 6.92 Å². The van der Waals surface area contributed by atoms with Crippen molar-refractivity contribution in [3.63, 3.8) is 0 Å². The van der Waals surface area contributed by atoms with Gasteiger partial charge in [0.05, 0.1) is 0 Å². The van der Waals surface area contributed by atoms with Crippen LogP contribution in [0.3, 0.4) is 0 Å². The average Bonchev–Trinajstić information content (AvgIpc) is 2.44. The minimum Gasteiger partial charge on any atom is -0.370 e. The molecule has 21 heavy (non-hydrogen) atoms. The Labute approximate surface area is 128 Å². The van der Waals surface area contributed by atoms with Crippen LogP contribution in [0.1, 0.15) is 44.3 Å². The fourth-order valence-electron chi connectivity index (χ4n) is 2.80. The number of hydrogen-bond donors (Lipinski definition) is 2. The minimum atomic E-state index is 0.578. The SMILES string of the molecule is Cc1nc(NCCCN(C)C)cc(NC2CCCCC2)n1. The van der Waals surface area contributed by atoms with Crippen molar-refractivity contribution >= 4 is 11.6 Å². The largest absolute Gasteiger partial charge is 0.370 e. The molecule has 5 heteroatoms.